The van der Waals surface area contributed by atoms with E-state index in [9.17, 15) is 4.79 Å². The van der Waals surface area contributed by atoms with Gasteiger partial charge in [0.1, 0.15) is 0 Å². The molecule has 0 aromatic heterocycles. The molecule has 1 aliphatic heterocycles. The minimum absolute atomic E-state index is 0.0128. The van der Waals surface area contributed by atoms with Crippen LogP contribution in [0.5, 0.6) is 0 Å². The molecule has 4 nitrogen and oxygen atoms in total. The molecular weight excluding hydrogens is 358 g/mol. The summed E-state index contributed by atoms with van der Waals surface area (Å²) in [7, 11) is 0. The molecule has 1 fully saturated rings. The van der Waals surface area contributed by atoms with E-state index in [-0.39, 0.29) is 11.8 Å². The first kappa shape index (κ1) is 19.6. The van der Waals surface area contributed by atoms with Crippen LogP contribution < -0.4 is 5.43 Å². The van der Waals surface area contributed by atoms with Crippen molar-refractivity contribution in [2.24, 2.45) is 11.0 Å². The fraction of sp³-hybridized carbons (Fsp3) is 0.364. The molecule has 2 aromatic rings. The Labute approximate surface area is 166 Å². The number of carbonyl (C=O) groups is 1. The van der Waals surface area contributed by atoms with Gasteiger partial charge in [0.05, 0.1) is 5.71 Å². The fourth-order valence-electron chi connectivity index (χ4n) is 3.31. The van der Waals surface area contributed by atoms with Crippen molar-refractivity contribution in [3.05, 3.63) is 70.2 Å². The van der Waals surface area contributed by atoms with Crippen molar-refractivity contribution in [2.45, 2.75) is 33.2 Å². The van der Waals surface area contributed by atoms with Crippen LogP contribution in [0.2, 0.25) is 5.02 Å². The van der Waals surface area contributed by atoms with Crippen LogP contribution in [0.25, 0.3) is 0 Å². The van der Waals surface area contributed by atoms with E-state index in [1.165, 1.54) is 5.56 Å². The molecule has 1 N–H and O–H groups in total. The largest absolute Gasteiger partial charge is 0.299 e. The van der Waals surface area contributed by atoms with Crippen LogP contribution in [0.15, 0.2) is 53.6 Å². The number of hydrazone groups is 1. The van der Waals surface area contributed by atoms with Crippen LogP contribution in [0, 0.1) is 12.8 Å². The molecule has 0 atom stereocenters. The van der Waals surface area contributed by atoms with E-state index in [4.69, 9.17) is 11.6 Å². The summed E-state index contributed by atoms with van der Waals surface area (Å²) in [5.74, 6) is 0.0286. The number of piperidine rings is 1. The monoisotopic (exact) mass is 383 g/mol. The molecule has 0 radical (unpaired) electrons. The lowest BCUT2D eigenvalue weighted by molar-refractivity contribution is -0.126. The van der Waals surface area contributed by atoms with Crippen molar-refractivity contribution >= 4 is 23.2 Å². The van der Waals surface area contributed by atoms with Gasteiger partial charge in [-0.05, 0) is 57.0 Å². The summed E-state index contributed by atoms with van der Waals surface area (Å²) in [6, 6.07) is 16.1. The molecular formula is C22H26ClN3O. The Morgan fingerprint density at radius 2 is 1.81 bits per heavy atom. The highest BCUT2D eigenvalue weighted by Crippen LogP contribution is 2.22. The van der Waals surface area contributed by atoms with E-state index in [2.05, 4.69) is 28.4 Å². The van der Waals surface area contributed by atoms with Gasteiger partial charge in [-0.2, -0.15) is 5.10 Å². The molecule has 1 heterocycles. The maximum absolute atomic E-state index is 12.4. The van der Waals surface area contributed by atoms with Crippen LogP contribution >= 0.6 is 11.6 Å². The number of hydrogen-bond donors (Lipinski definition) is 1. The molecule has 0 saturated carbocycles. The quantitative estimate of drug-likeness (QED) is 0.614. The lowest BCUT2D eigenvalue weighted by atomic mass is 9.96. The molecule has 27 heavy (non-hydrogen) atoms. The maximum Gasteiger partial charge on any atom is 0.243 e. The van der Waals surface area contributed by atoms with Gasteiger partial charge in [0.15, 0.2) is 0 Å². The zero-order chi connectivity index (χ0) is 19.2. The summed E-state index contributed by atoms with van der Waals surface area (Å²) in [6.45, 7) is 6.58. The third kappa shape index (κ3) is 5.41. The zero-order valence-electron chi connectivity index (χ0n) is 15.9. The Kier molecular flexibility index (Phi) is 6.64. The summed E-state index contributed by atoms with van der Waals surface area (Å²) >= 11 is 6.25. The lowest BCUT2D eigenvalue weighted by Crippen LogP contribution is -2.39. The minimum atomic E-state index is 0.0128. The number of halogens is 1. The lowest BCUT2D eigenvalue weighted by Gasteiger charge is -2.31. The van der Waals surface area contributed by atoms with E-state index >= 15 is 0 Å². The van der Waals surface area contributed by atoms with Crippen molar-refractivity contribution in [1.29, 1.82) is 0 Å². The maximum atomic E-state index is 12.4. The number of hydrogen-bond acceptors (Lipinski definition) is 3. The van der Waals surface area contributed by atoms with E-state index in [1.807, 2.05) is 49.4 Å². The molecule has 0 bridgehead atoms. The Morgan fingerprint density at radius 3 is 2.48 bits per heavy atom. The van der Waals surface area contributed by atoms with Gasteiger partial charge in [-0.15, -0.1) is 0 Å². The molecule has 1 amide bonds. The zero-order valence-corrected chi connectivity index (χ0v) is 16.7. The van der Waals surface area contributed by atoms with Gasteiger partial charge in [-0.1, -0.05) is 59.6 Å². The van der Waals surface area contributed by atoms with Crippen LogP contribution in [0.3, 0.4) is 0 Å². The predicted molar refractivity (Wildman–Crippen MR) is 111 cm³/mol. The highest BCUT2D eigenvalue weighted by Gasteiger charge is 2.25. The van der Waals surface area contributed by atoms with E-state index in [0.29, 0.717) is 0 Å². The SMILES string of the molecule is C/C(=N\NC(=O)C1CCN(Cc2ccccc2Cl)CC1)c1ccc(C)cc1. The Bertz CT molecular complexity index is 809. The highest BCUT2D eigenvalue weighted by atomic mass is 35.5. The summed E-state index contributed by atoms with van der Waals surface area (Å²) in [4.78, 5) is 14.8. The van der Waals surface area contributed by atoms with Crippen molar-refractivity contribution in [3.63, 3.8) is 0 Å². The van der Waals surface area contributed by atoms with Crippen molar-refractivity contribution in [2.75, 3.05) is 13.1 Å². The minimum Gasteiger partial charge on any atom is -0.299 e. The van der Waals surface area contributed by atoms with Gasteiger partial charge in [0.2, 0.25) is 5.91 Å². The number of nitrogens with zero attached hydrogens (tertiary/aromatic N) is 2. The molecule has 5 heteroatoms. The van der Waals surface area contributed by atoms with E-state index < -0.39 is 0 Å². The third-order valence-corrected chi connectivity index (χ3v) is 5.48. The van der Waals surface area contributed by atoms with Crippen molar-refractivity contribution in [3.8, 4) is 0 Å². The number of aryl methyl sites for hydroxylation is 1. The molecule has 0 unspecified atom stereocenters. The van der Waals surface area contributed by atoms with Crippen LogP contribution in [0.1, 0.15) is 36.5 Å². The fourth-order valence-corrected chi connectivity index (χ4v) is 3.51. The number of carbonyl (C=O) groups excluding carboxylic acids is 1. The van der Waals surface area contributed by atoms with Gasteiger partial charge < -0.3 is 0 Å². The van der Waals surface area contributed by atoms with Crippen molar-refractivity contribution in [1.82, 2.24) is 10.3 Å². The number of amides is 1. The number of rotatable bonds is 5. The van der Waals surface area contributed by atoms with Crippen LogP contribution in [0.4, 0.5) is 0 Å². The van der Waals surface area contributed by atoms with E-state index in [0.717, 1.165) is 54.3 Å². The second-order valence-corrected chi connectivity index (χ2v) is 7.59. The first-order chi connectivity index (χ1) is 13.0. The van der Waals surface area contributed by atoms with Crippen molar-refractivity contribution < 1.29 is 4.79 Å². The molecule has 1 saturated heterocycles. The summed E-state index contributed by atoms with van der Waals surface area (Å²) in [6.07, 6.45) is 1.69. The number of benzene rings is 2. The normalized spacial score (nSPS) is 16.3. The molecule has 0 aliphatic carbocycles. The van der Waals surface area contributed by atoms with E-state index in [1.54, 1.807) is 0 Å². The third-order valence-electron chi connectivity index (χ3n) is 5.11. The summed E-state index contributed by atoms with van der Waals surface area (Å²) < 4.78 is 0. The first-order valence-electron chi connectivity index (χ1n) is 9.40. The van der Waals surface area contributed by atoms with Gasteiger partial charge in [-0.3, -0.25) is 9.69 Å². The number of nitrogens with one attached hydrogen (secondary N) is 1. The first-order valence-corrected chi connectivity index (χ1v) is 9.77. The van der Waals surface area contributed by atoms with Gasteiger partial charge in [0, 0.05) is 17.5 Å². The molecule has 142 valence electrons. The van der Waals surface area contributed by atoms with Gasteiger partial charge in [-0.25, -0.2) is 5.43 Å². The molecule has 3 rings (SSSR count). The predicted octanol–water partition coefficient (Wildman–Crippen LogP) is 4.40. The number of likely N-dealkylation sites (tertiary alicyclic amines) is 1. The standard InChI is InChI=1S/C22H26ClN3O/c1-16-7-9-18(10-8-16)17(2)24-25-22(27)19-11-13-26(14-12-19)15-20-5-3-4-6-21(20)23/h3-10,19H,11-15H2,1-2H3,(H,25,27)/b24-17+. The summed E-state index contributed by atoms with van der Waals surface area (Å²) in [5.41, 5.74) is 6.94. The van der Waals surface area contributed by atoms with Gasteiger partial charge in [0.25, 0.3) is 0 Å². The topological polar surface area (TPSA) is 44.7 Å². The van der Waals surface area contributed by atoms with Crippen LogP contribution in [-0.4, -0.2) is 29.6 Å². The summed E-state index contributed by atoms with van der Waals surface area (Å²) in [5, 5.41) is 5.09. The molecule has 1 aliphatic rings. The molecule has 0 spiro atoms. The second kappa shape index (κ2) is 9.16. The van der Waals surface area contributed by atoms with Gasteiger partial charge >= 0.3 is 0 Å². The Balaban J connectivity index is 1.49. The smallest absolute Gasteiger partial charge is 0.243 e. The second-order valence-electron chi connectivity index (χ2n) is 7.18. The van der Waals surface area contributed by atoms with Crippen LogP contribution in [-0.2, 0) is 11.3 Å². The Morgan fingerprint density at radius 1 is 1.15 bits per heavy atom. The molecule has 2 aromatic carbocycles. The Hall–Kier alpha value is -2.17. The highest BCUT2D eigenvalue weighted by molar-refractivity contribution is 6.31. The average Bonchev–Trinajstić information content (AvgIpc) is 2.69. The average molecular weight is 384 g/mol.